The van der Waals surface area contributed by atoms with E-state index in [1.165, 1.54) is 0 Å². The molecule has 21 heavy (non-hydrogen) atoms. The monoisotopic (exact) mass is 351 g/mol. The normalized spacial score (nSPS) is 11.7. The van der Waals surface area contributed by atoms with Crippen molar-refractivity contribution in [2.24, 2.45) is 7.05 Å². The summed E-state index contributed by atoms with van der Waals surface area (Å²) in [5.74, 6) is 1.59. The molecule has 0 bridgehead atoms. The second-order valence-corrected chi connectivity index (χ2v) is 7.07. The van der Waals surface area contributed by atoms with Gasteiger partial charge in [-0.25, -0.2) is 4.68 Å². The summed E-state index contributed by atoms with van der Waals surface area (Å²) in [6, 6.07) is 7.80. The van der Waals surface area contributed by atoms with Gasteiger partial charge in [-0.05, 0) is 52.0 Å². The number of benzene rings is 1. The summed E-state index contributed by atoms with van der Waals surface area (Å²) < 4.78 is 8.84. The summed E-state index contributed by atoms with van der Waals surface area (Å²) in [6.45, 7) is 9.18. The molecule has 0 aliphatic rings. The van der Waals surface area contributed by atoms with Crippen LogP contribution in [0.15, 0.2) is 28.7 Å². The average molecular weight is 352 g/mol. The first-order valence-corrected chi connectivity index (χ1v) is 7.76. The van der Waals surface area contributed by atoms with E-state index in [4.69, 9.17) is 4.74 Å². The number of aryl methyl sites for hydroxylation is 2. The first-order chi connectivity index (χ1) is 9.76. The van der Waals surface area contributed by atoms with Crippen LogP contribution in [-0.4, -0.2) is 15.3 Å². The van der Waals surface area contributed by atoms with E-state index in [1.807, 2.05) is 38.2 Å². The summed E-state index contributed by atoms with van der Waals surface area (Å²) >= 11 is 3.43. The number of hydrogen-bond donors (Lipinski definition) is 1. The van der Waals surface area contributed by atoms with E-state index in [-0.39, 0.29) is 5.54 Å². The lowest BCUT2D eigenvalue weighted by Crippen LogP contribution is -2.35. The molecule has 0 aliphatic carbocycles. The predicted molar refractivity (Wildman–Crippen MR) is 88.8 cm³/mol. The highest BCUT2D eigenvalue weighted by Crippen LogP contribution is 2.28. The lowest BCUT2D eigenvalue weighted by molar-refractivity contribution is 0.401. The van der Waals surface area contributed by atoms with Crippen molar-refractivity contribution in [2.45, 2.75) is 39.8 Å². The molecular weight excluding hydrogens is 330 g/mol. The molecule has 0 fully saturated rings. The van der Waals surface area contributed by atoms with Crippen molar-refractivity contribution in [2.75, 3.05) is 0 Å². The Balaban J connectivity index is 2.24. The highest BCUT2D eigenvalue weighted by molar-refractivity contribution is 9.10. The minimum atomic E-state index is 0.0527. The molecule has 0 atom stereocenters. The fraction of sp³-hybridized carbons (Fsp3) is 0.438. The summed E-state index contributed by atoms with van der Waals surface area (Å²) in [7, 11) is 1.90. The molecule has 0 saturated heterocycles. The van der Waals surface area contributed by atoms with Crippen LogP contribution >= 0.6 is 15.9 Å². The Labute approximate surface area is 134 Å². The van der Waals surface area contributed by atoms with Gasteiger partial charge >= 0.3 is 0 Å². The molecule has 2 aromatic rings. The van der Waals surface area contributed by atoms with E-state index in [2.05, 4.69) is 47.1 Å². The van der Waals surface area contributed by atoms with Gasteiger partial charge in [0.25, 0.3) is 0 Å². The highest BCUT2D eigenvalue weighted by Gasteiger charge is 2.18. The van der Waals surface area contributed by atoms with Crippen molar-refractivity contribution >= 4 is 15.9 Å². The van der Waals surface area contributed by atoms with Crippen LogP contribution in [0.1, 0.15) is 32.0 Å². The minimum Gasteiger partial charge on any atom is -0.439 e. The topological polar surface area (TPSA) is 39.1 Å². The number of nitrogens with zero attached hydrogens (tertiary/aromatic N) is 2. The second-order valence-electron chi connectivity index (χ2n) is 6.15. The van der Waals surface area contributed by atoms with Crippen LogP contribution in [-0.2, 0) is 13.6 Å². The van der Waals surface area contributed by atoms with Gasteiger partial charge in [-0.2, -0.15) is 5.10 Å². The number of ether oxygens (including phenoxy) is 1. The molecular formula is C16H22BrN3O. The van der Waals surface area contributed by atoms with Crippen LogP contribution in [0, 0.1) is 6.92 Å². The third kappa shape index (κ3) is 4.32. The number of aromatic nitrogens is 2. The number of rotatable bonds is 4. The van der Waals surface area contributed by atoms with Gasteiger partial charge in [-0.1, -0.05) is 15.9 Å². The maximum absolute atomic E-state index is 6.02. The van der Waals surface area contributed by atoms with Crippen molar-refractivity contribution in [3.8, 4) is 11.6 Å². The molecule has 1 aromatic heterocycles. The Bertz CT molecular complexity index is 612. The van der Waals surface area contributed by atoms with Crippen LogP contribution in [0.3, 0.4) is 0 Å². The third-order valence-electron chi connectivity index (χ3n) is 3.11. The Morgan fingerprint density at radius 2 is 1.86 bits per heavy atom. The molecule has 0 radical (unpaired) electrons. The molecule has 0 saturated carbocycles. The van der Waals surface area contributed by atoms with Gasteiger partial charge < -0.3 is 10.1 Å². The maximum Gasteiger partial charge on any atom is 0.222 e. The first-order valence-electron chi connectivity index (χ1n) is 6.97. The molecule has 1 aromatic carbocycles. The predicted octanol–water partition coefficient (Wildman–Crippen LogP) is 4.17. The molecule has 1 heterocycles. The highest BCUT2D eigenvalue weighted by atomic mass is 79.9. The third-order valence-corrected chi connectivity index (χ3v) is 3.64. The SMILES string of the molecule is Cc1nn(C)c(Oc2ccc(Br)cc2)c1CNC(C)(C)C. The second kappa shape index (κ2) is 6.20. The van der Waals surface area contributed by atoms with E-state index in [0.29, 0.717) is 0 Å². The van der Waals surface area contributed by atoms with Crippen molar-refractivity contribution in [3.05, 3.63) is 40.0 Å². The zero-order valence-electron chi connectivity index (χ0n) is 13.2. The Morgan fingerprint density at radius 1 is 1.24 bits per heavy atom. The van der Waals surface area contributed by atoms with Gasteiger partial charge in [0, 0.05) is 23.6 Å². The molecule has 0 aliphatic heterocycles. The molecule has 0 spiro atoms. The van der Waals surface area contributed by atoms with Crippen LogP contribution in [0.2, 0.25) is 0 Å². The van der Waals surface area contributed by atoms with Gasteiger partial charge in [-0.3, -0.25) is 0 Å². The van der Waals surface area contributed by atoms with Crippen LogP contribution in [0.4, 0.5) is 0 Å². The smallest absolute Gasteiger partial charge is 0.222 e. The number of nitrogens with one attached hydrogen (secondary N) is 1. The van der Waals surface area contributed by atoms with E-state index in [1.54, 1.807) is 4.68 Å². The first kappa shape index (κ1) is 16.0. The van der Waals surface area contributed by atoms with Crippen molar-refractivity contribution in [3.63, 3.8) is 0 Å². The average Bonchev–Trinajstić information content (AvgIpc) is 2.64. The Morgan fingerprint density at radius 3 is 2.43 bits per heavy atom. The van der Waals surface area contributed by atoms with Crippen molar-refractivity contribution in [1.82, 2.24) is 15.1 Å². The molecule has 2 rings (SSSR count). The van der Waals surface area contributed by atoms with E-state index >= 15 is 0 Å². The summed E-state index contributed by atoms with van der Waals surface area (Å²) in [5.41, 5.74) is 2.13. The lowest BCUT2D eigenvalue weighted by Gasteiger charge is -2.20. The molecule has 5 heteroatoms. The Hall–Kier alpha value is -1.33. The number of halogens is 1. The van der Waals surface area contributed by atoms with E-state index < -0.39 is 0 Å². The largest absolute Gasteiger partial charge is 0.439 e. The van der Waals surface area contributed by atoms with Gasteiger partial charge in [0.05, 0.1) is 11.3 Å². The summed E-state index contributed by atoms with van der Waals surface area (Å²) in [6.07, 6.45) is 0. The van der Waals surface area contributed by atoms with Gasteiger partial charge in [0.15, 0.2) is 0 Å². The van der Waals surface area contributed by atoms with E-state index in [9.17, 15) is 0 Å². The lowest BCUT2D eigenvalue weighted by atomic mass is 10.1. The standard InChI is InChI=1S/C16H22BrN3O/c1-11-14(10-18-16(2,3)4)15(20(5)19-11)21-13-8-6-12(17)7-9-13/h6-9,18H,10H2,1-5H3. The number of hydrogen-bond acceptors (Lipinski definition) is 3. The molecule has 1 N–H and O–H groups in total. The summed E-state index contributed by atoms with van der Waals surface area (Å²) in [4.78, 5) is 0. The van der Waals surface area contributed by atoms with Gasteiger partial charge in [-0.15, -0.1) is 0 Å². The van der Waals surface area contributed by atoms with E-state index in [0.717, 1.165) is 33.9 Å². The fourth-order valence-corrected chi connectivity index (χ4v) is 2.24. The fourth-order valence-electron chi connectivity index (χ4n) is 1.98. The van der Waals surface area contributed by atoms with Crippen LogP contribution < -0.4 is 10.1 Å². The van der Waals surface area contributed by atoms with Crippen molar-refractivity contribution < 1.29 is 4.74 Å². The maximum atomic E-state index is 6.02. The quantitative estimate of drug-likeness (QED) is 0.898. The molecule has 0 amide bonds. The molecule has 114 valence electrons. The zero-order chi connectivity index (χ0) is 15.6. The van der Waals surface area contributed by atoms with Crippen LogP contribution in [0.25, 0.3) is 0 Å². The van der Waals surface area contributed by atoms with Crippen LogP contribution in [0.5, 0.6) is 11.6 Å². The van der Waals surface area contributed by atoms with Gasteiger partial charge in [0.2, 0.25) is 5.88 Å². The van der Waals surface area contributed by atoms with Gasteiger partial charge in [0.1, 0.15) is 5.75 Å². The Kier molecular flexibility index (Phi) is 4.74. The van der Waals surface area contributed by atoms with Crippen molar-refractivity contribution in [1.29, 1.82) is 0 Å². The zero-order valence-corrected chi connectivity index (χ0v) is 14.8. The molecule has 4 nitrogen and oxygen atoms in total. The minimum absolute atomic E-state index is 0.0527. The summed E-state index contributed by atoms with van der Waals surface area (Å²) in [5, 5.41) is 7.95. The molecule has 0 unspecified atom stereocenters.